The molecule has 0 fully saturated rings. The van der Waals surface area contributed by atoms with E-state index in [9.17, 15) is 0 Å². The molecule has 0 amide bonds. The van der Waals surface area contributed by atoms with Crippen LogP contribution in [-0.2, 0) is 5.33 Å². The second-order valence-electron chi connectivity index (χ2n) is 6.45. The number of fused-ring (bicyclic) bond motifs is 1. The van der Waals surface area contributed by atoms with Gasteiger partial charge >= 0.3 is 0 Å². The van der Waals surface area contributed by atoms with Crippen molar-refractivity contribution in [1.29, 1.82) is 0 Å². The van der Waals surface area contributed by atoms with E-state index >= 15 is 0 Å². The van der Waals surface area contributed by atoms with Crippen molar-refractivity contribution < 1.29 is 0 Å². The second kappa shape index (κ2) is 5.72. The van der Waals surface area contributed by atoms with Gasteiger partial charge in [0.05, 0.1) is 5.52 Å². The number of pyridine rings is 1. The summed E-state index contributed by atoms with van der Waals surface area (Å²) < 4.78 is 0. The molecule has 0 aliphatic heterocycles. The number of hydrogen-bond donors (Lipinski definition) is 0. The van der Waals surface area contributed by atoms with Crippen molar-refractivity contribution in [1.82, 2.24) is 4.98 Å². The van der Waals surface area contributed by atoms with Crippen molar-refractivity contribution in [3.63, 3.8) is 0 Å². The van der Waals surface area contributed by atoms with E-state index in [4.69, 9.17) is 4.98 Å². The molecule has 108 valence electrons. The van der Waals surface area contributed by atoms with E-state index in [2.05, 4.69) is 79.8 Å². The molecule has 0 saturated carbocycles. The van der Waals surface area contributed by atoms with E-state index in [1.165, 1.54) is 10.9 Å². The summed E-state index contributed by atoms with van der Waals surface area (Å²) in [5.74, 6) is 1.07. The quantitative estimate of drug-likeness (QED) is 0.734. The van der Waals surface area contributed by atoms with Crippen LogP contribution in [-0.4, -0.2) is 18.1 Å². The maximum atomic E-state index is 4.88. The van der Waals surface area contributed by atoms with Crippen LogP contribution in [0.4, 0.5) is 5.82 Å². The van der Waals surface area contributed by atoms with Crippen molar-refractivity contribution >= 4 is 32.7 Å². The monoisotopic (exact) mass is 334 g/mol. The van der Waals surface area contributed by atoms with Crippen LogP contribution >= 0.6 is 15.9 Å². The third-order valence-corrected chi connectivity index (χ3v) is 4.70. The fourth-order valence-corrected chi connectivity index (χ4v) is 2.73. The first-order chi connectivity index (χ1) is 9.34. The SMILES string of the molecule is CC(N(C)c1nc2ccccc2cc1CBr)C(C)(C)C. The molecule has 0 bridgehead atoms. The molecular weight excluding hydrogens is 312 g/mol. The van der Waals surface area contributed by atoms with Gasteiger partial charge < -0.3 is 4.90 Å². The van der Waals surface area contributed by atoms with Gasteiger partial charge in [-0.2, -0.15) is 0 Å². The molecule has 0 saturated heterocycles. The summed E-state index contributed by atoms with van der Waals surface area (Å²) >= 11 is 3.60. The average molecular weight is 335 g/mol. The smallest absolute Gasteiger partial charge is 0.133 e. The van der Waals surface area contributed by atoms with Gasteiger partial charge in [0.2, 0.25) is 0 Å². The van der Waals surface area contributed by atoms with Gasteiger partial charge in [-0.05, 0) is 24.5 Å². The number of hydrogen-bond acceptors (Lipinski definition) is 2. The van der Waals surface area contributed by atoms with Gasteiger partial charge in [-0.1, -0.05) is 54.9 Å². The largest absolute Gasteiger partial charge is 0.356 e. The van der Waals surface area contributed by atoms with Crippen molar-refractivity contribution in [2.24, 2.45) is 5.41 Å². The molecule has 0 N–H and O–H groups in total. The van der Waals surface area contributed by atoms with Crippen LogP contribution in [0.3, 0.4) is 0 Å². The molecule has 1 aromatic carbocycles. The maximum Gasteiger partial charge on any atom is 0.133 e. The first kappa shape index (κ1) is 15.3. The normalized spacial score (nSPS) is 13.5. The van der Waals surface area contributed by atoms with E-state index in [-0.39, 0.29) is 5.41 Å². The van der Waals surface area contributed by atoms with Gasteiger partial charge in [0.25, 0.3) is 0 Å². The third kappa shape index (κ3) is 2.98. The van der Waals surface area contributed by atoms with Crippen molar-refractivity contribution in [2.45, 2.75) is 39.1 Å². The minimum Gasteiger partial charge on any atom is -0.356 e. The Kier molecular flexibility index (Phi) is 4.38. The number of nitrogens with zero attached hydrogens (tertiary/aromatic N) is 2. The molecule has 0 spiro atoms. The number of anilines is 1. The fourth-order valence-electron chi connectivity index (χ4n) is 2.32. The topological polar surface area (TPSA) is 16.1 Å². The lowest BCUT2D eigenvalue weighted by Gasteiger charge is -2.37. The van der Waals surface area contributed by atoms with E-state index in [0.717, 1.165) is 16.7 Å². The van der Waals surface area contributed by atoms with Gasteiger partial charge in [-0.15, -0.1) is 0 Å². The zero-order valence-corrected chi connectivity index (χ0v) is 14.5. The van der Waals surface area contributed by atoms with Crippen LogP contribution < -0.4 is 4.90 Å². The Morgan fingerprint density at radius 1 is 1.25 bits per heavy atom. The van der Waals surface area contributed by atoms with Crippen LogP contribution in [0.5, 0.6) is 0 Å². The number of halogens is 1. The van der Waals surface area contributed by atoms with Crippen LogP contribution in [0.1, 0.15) is 33.3 Å². The summed E-state index contributed by atoms with van der Waals surface area (Å²) in [6.07, 6.45) is 0. The molecule has 2 nitrogen and oxygen atoms in total. The Hall–Kier alpha value is -1.09. The molecule has 3 heteroatoms. The first-order valence-electron chi connectivity index (χ1n) is 7.02. The van der Waals surface area contributed by atoms with Gasteiger partial charge in [-0.25, -0.2) is 4.98 Å². The highest BCUT2D eigenvalue weighted by Gasteiger charge is 2.26. The number of benzene rings is 1. The van der Waals surface area contributed by atoms with Crippen molar-refractivity contribution in [3.05, 3.63) is 35.9 Å². The van der Waals surface area contributed by atoms with Crippen LogP contribution in [0, 0.1) is 5.41 Å². The summed E-state index contributed by atoms with van der Waals surface area (Å²) in [5.41, 5.74) is 2.51. The predicted molar refractivity (Wildman–Crippen MR) is 91.7 cm³/mol. The Balaban J connectivity index is 2.52. The molecule has 0 radical (unpaired) electrons. The number of para-hydroxylation sites is 1. The number of alkyl halides is 1. The van der Waals surface area contributed by atoms with Crippen LogP contribution in [0.15, 0.2) is 30.3 Å². The molecule has 20 heavy (non-hydrogen) atoms. The Bertz CT molecular complexity index is 601. The highest BCUT2D eigenvalue weighted by Crippen LogP contribution is 2.31. The molecule has 2 aromatic rings. The number of aromatic nitrogens is 1. The first-order valence-corrected chi connectivity index (χ1v) is 8.14. The zero-order valence-electron chi connectivity index (χ0n) is 12.9. The van der Waals surface area contributed by atoms with E-state index in [1.807, 2.05) is 6.07 Å². The van der Waals surface area contributed by atoms with Crippen LogP contribution in [0.2, 0.25) is 0 Å². The summed E-state index contributed by atoms with van der Waals surface area (Å²) in [7, 11) is 2.14. The molecule has 1 aromatic heterocycles. The Labute approximate surface area is 130 Å². The second-order valence-corrected chi connectivity index (χ2v) is 7.01. The molecule has 0 aliphatic rings. The predicted octanol–water partition coefficient (Wildman–Crippen LogP) is 5.00. The molecule has 2 rings (SSSR count). The zero-order chi connectivity index (χ0) is 14.9. The van der Waals surface area contributed by atoms with Gasteiger partial charge in [-0.3, -0.25) is 0 Å². The standard InChI is InChI=1S/C17H23BrN2/c1-12(17(2,3)4)20(5)16-14(11-18)10-13-8-6-7-9-15(13)19-16/h6-10,12H,11H2,1-5H3. The van der Waals surface area contributed by atoms with Crippen molar-refractivity contribution in [2.75, 3.05) is 11.9 Å². The highest BCUT2D eigenvalue weighted by molar-refractivity contribution is 9.08. The molecule has 1 unspecified atom stereocenters. The molecule has 1 atom stereocenters. The Morgan fingerprint density at radius 3 is 2.50 bits per heavy atom. The summed E-state index contributed by atoms with van der Waals surface area (Å²) in [6, 6.07) is 10.9. The summed E-state index contributed by atoms with van der Waals surface area (Å²) in [4.78, 5) is 7.17. The number of rotatable bonds is 3. The van der Waals surface area contributed by atoms with E-state index in [1.54, 1.807) is 0 Å². The Morgan fingerprint density at radius 2 is 1.90 bits per heavy atom. The highest BCUT2D eigenvalue weighted by atomic mass is 79.9. The summed E-state index contributed by atoms with van der Waals surface area (Å²) in [6.45, 7) is 9.06. The van der Waals surface area contributed by atoms with E-state index in [0.29, 0.717) is 6.04 Å². The fraction of sp³-hybridized carbons (Fsp3) is 0.471. The average Bonchev–Trinajstić information content (AvgIpc) is 2.43. The van der Waals surface area contributed by atoms with Gasteiger partial charge in [0, 0.05) is 29.4 Å². The lowest BCUT2D eigenvalue weighted by molar-refractivity contribution is 0.328. The summed E-state index contributed by atoms with van der Waals surface area (Å²) in [5, 5.41) is 2.02. The van der Waals surface area contributed by atoms with E-state index < -0.39 is 0 Å². The molecule has 1 heterocycles. The minimum atomic E-state index is 0.214. The maximum absolute atomic E-state index is 4.88. The third-order valence-electron chi connectivity index (χ3n) is 4.09. The van der Waals surface area contributed by atoms with Gasteiger partial charge in [0.1, 0.15) is 5.82 Å². The molecule has 0 aliphatic carbocycles. The lowest BCUT2D eigenvalue weighted by atomic mass is 9.87. The van der Waals surface area contributed by atoms with Gasteiger partial charge in [0.15, 0.2) is 0 Å². The van der Waals surface area contributed by atoms with Crippen LogP contribution in [0.25, 0.3) is 10.9 Å². The molecular formula is C17H23BrN2. The van der Waals surface area contributed by atoms with Crippen molar-refractivity contribution in [3.8, 4) is 0 Å². The lowest BCUT2D eigenvalue weighted by Crippen LogP contribution is -2.40. The minimum absolute atomic E-state index is 0.214.